The first-order valence-electron chi connectivity index (χ1n) is 12.8. The molecule has 3 rings (SSSR count). The molecule has 0 aromatic carbocycles. The van der Waals surface area contributed by atoms with Crippen molar-refractivity contribution in [2.24, 2.45) is 23.2 Å². The lowest BCUT2D eigenvalue weighted by molar-refractivity contribution is -0.136. The van der Waals surface area contributed by atoms with Crippen molar-refractivity contribution in [1.29, 1.82) is 0 Å². The molecule has 3 fully saturated rings. The Morgan fingerprint density at radius 3 is 2.68 bits per heavy atom. The van der Waals surface area contributed by atoms with Crippen LogP contribution in [0.1, 0.15) is 103 Å². The Bertz CT molecular complexity index is 681. The third-order valence-corrected chi connectivity index (χ3v) is 8.24. The van der Waals surface area contributed by atoms with Gasteiger partial charge >= 0.3 is 5.97 Å². The molecule has 1 unspecified atom stereocenters. The number of rotatable bonds is 9. The first-order chi connectivity index (χ1) is 15.0. The Hall–Kier alpha value is -1.31. The van der Waals surface area contributed by atoms with Crippen LogP contribution in [0.4, 0.5) is 0 Å². The molecule has 0 spiro atoms. The van der Waals surface area contributed by atoms with Gasteiger partial charge in [0.1, 0.15) is 6.10 Å². The molecule has 0 aromatic rings. The van der Waals surface area contributed by atoms with Crippen LogP contribution < -0.4 is 0 Å². The summed E-state index contributed by atoms with van der Waals surface area (Å²) in [7, 11) is 0. The highest BCUT2D eigenvalue weighted by Gasteiger charge is 2.56. The highest BCUT2D eigenvalue weighted by molar-refractivity contribution is 5.66. The lowest BCUT2D eigenvalue weighted by Crippen LogP contribution is -2.53. The molecule has 3 aliphatic carbocycles. The zero-order valence-electron chi connectivity index (χ0n) is 19.3. The summed E-state index contributed by atoms with van der Waals surface area (Å²) in [6.07, 6.45) is 16.3. The maximum Gasteiger partial charge on any atom is 0.303 e. The Morgan fingerprint density at radius 2 is 1.97 bits per heavy atom. The molecule has 31 heavy (non-hydrogen) atoms. The monoisotopic (exact) mass is 430 g/mol. The fraction of sp³-hybridized carbons (Fsp3) is 0.815. The number of carboxylic acids is 1. The van der Waals surface area contributed by atoms with Gasteiger partial charge in [0.15, 0.2) is 0 Å². The van der Waals surface area contributed by atoms with Gasteiger partial charge in [0.05, 0.1) is 12.0 Å². The maximum absolute atomic E-state index is 11.0. The molecule has 0 aromatic heterocycles. The van der Waals surface area contributed by atoms with Gasteiger partial charge in [-0.25, -0.2) is 0 Å². The smallest absolute Gasteiger partial charge is 0.303 e. The number of hydrogen-bond donors (Lipinski definition) is 3. The molecule has 5 atom stereocenters. The minimum Gasteiger partial charge on any atom is -0.481 e. The number of aliphatic hydroxyl groups excluding tert-OH is 2. The highest BCUT2D eigenvalue weighted by atomic mass is 16.4. The second-order valence-corrected chi connectivity index (χ2v) is 10.2. The van der Waals surface area contributed by atoms with E-state index >= 15 is 0 Å². The van der Waals surface area contributed by atoms with Crippen LogP contribution in [-0.2, 0) is 4.79 Å². The standard InChI is InChI=1S/C27H42O4/c1-2-3-4-8-17-27-18-16-25(29)22(14-15-24(28)20-10-6-5-7-11-20)23(27)19-21(27)12-9-13-26(30)31/h12,20,22-25,28-29H,2-11,13,16-19H2,1H3,(H,30,31)/t22-,23-,24?,25-,27-/m0/s1. The van der Waals surface area contributed by atoms with E-state index in [1.54, 1.807) is 0 Å². The van der Waals surface area contributed by atoms with Crippen molar-refractivity contribution in [3.8, 4) is 11.8 Å². The van der Waals surface area contributed by atoms with Crippen molar-refractivity contribution in [3.05, 3.63) is 11.6 Å². The van der Waals surface area contributed by atoms with Gasteiger partial charge in [0, 0.05) is 6.42 Å². The van der Waals surface area contributed by atoms with E-state index in [-0.39, 0.29) is 23.7 Å². The van der Waals surface area contributed by atoms with Crippen molar-refractivity contribution in [2.45, 2.75) is 115 Å². The normalized spacial score (nSPS) is 33.1. The van der Waals surface area contributed by atoms with E-state index in [0.717, 1.165) is 38.5 Å². The summed E-state index contributed by atoms with van der Waals surface area (Å²) < 4.78 is 0. The first-order valence-corrected chi connectivity index (χ1v) is 12.8. The molecule has 3 N–H and O–H groups in total. The molecule has 0 amide bonds. The zero-order valence-corrected chi connectivity index (χ0v) is 19.3. The van der Waals surface area contributed by atoms with E-state index in [2.05, 4.69) is 24.8 Å². The maximum atomic E-state index is 11.0. The van der Waals surface area contributed by atoms with Crippen molar-refractivity contribution in [3.63, 3.8) is 0 Å². The van der Waals surface area contributed by atoms with Crippen LogP contribution in [0.2, 0.25) is 0 Å². The molecule has 0 aliphatic heterocycles. The minimum atomic E-state index is -0.746. The summed E-state index contributed by atoms with van der Waals surface area (Å²) in [5.41, 5.74) is 1.49. The van der Waals surface area contributed by atoms with E-state index in [1.165, 1.54) is 50.5 Å². The van der Waals surface area contributed by atoms with E-state index in [4.69, 9.17) is 5.11 Å². The molecule has 0 radical (unpaired) electrons. The first kappa shape index (κ1) is 24.3. The Kier molecular flexibility index (Phi) is 9.05. The van der Waals surface area contributed by atoms with Crippen LogP contribution >= 0.6 is 0 Å². The lowest BCUT2D eigenvalue weighted by Gasteiger charge is -2.59. The Labute approximate surface area is 188 Å². The minimum absolute atomic E-state index is 0.0743. The summed E-state index contributed by atoms with van der Waals surface area (Å²) in [6, 6.07) is 0. The van der Waals surface area contributed by atoms with Crippen LogP contribution in [0.5, 0.6) is 0 Å². The van der Waals surface area contributed by atoms with Gasteiger partial charge < -0.3 is 15.3 Å². The van der Waals surface area contributed by atoms with Gasteiger partial charge in [-0.2, -0.15) is 0 Å². The number of unbranched alkanes of at least 4 members (excludes halogenated alkanes) is 3. The SMILES string of the molecule is CCCCCC[C@@]12CC[C@H](O)[C@@H](C#CC(O)C3CCCCC3)[C@@H]1CC2=CCCC(=O)O. The molecule has 0 saturated heterocycles. The van der Waals surface area contributed by atoms with Crippen LogP contribution in [-0.4, -0.2) is 33.5 Å². The van der Waals surface area contributed by atoms with Gasteiger partial charge in [0.2, 0.25) is 0 Å². The van der Waals surface area contributed by atoms with Gasteiger partial charge in [-0.15, -0.1) is 0 Å². The fourth-order valence-electron chi connectivity index (χ4n) is 6.35. The molecular formula is C27H42O4. The topological polar surface area (TPSA) is 77.8 Å². The van der Waals surface area contributed by atoms with Gasteiger partial charge in [-0.3, -0.25) is 4.79 Å². The largest absolute Gasteiger partial charge is 0.481 e. The predicted octanol–water partition coefficient (Wildman–Crippen LogP) is 5.47. The van der Waals surface area contributed by atoms with Crippen molar-refractivity contribution in [1.82, 2.24) is 0 Å². The zero-order chi connectivity index (χ0) is 22.3. The van der Waals surface area contributed by atoms with E-state index in [1.807, 2.05) is 0 Å². The molecule has 4 heteroatoms. The second-order valence-electron chi connectivity index (χ2n) is 10.2. The molecule has 0 bridgehead atoms. The molecule has 4 nitrogen and oxygen atoms in total. The van der Waals surface area contributed by atoms with E-state index in [0.29, 0.717) is 12.3 Å². The molecule has 0 heterocycles. The number of aliphatic carboxylic acids is 1. The summed E-state index contributed by atoms with van der Waals surface area (Å²) in [5, 5.41) is 30.4. The molecule has 3 saturated carbocycles. The highest BCUT2D eigenvalue weighted by Crippen LogP contribution is 2.63. The number of allylic oxidation sites excluding steroid dienone is 2. The summed E-state index contributed by atoms with van der Waals surface area (Å²) in [5.74, 6) is 6.30. The van der Waals surface area contributed by atoms with Gasteiger partial charge in [0.25, 0.3) is 0 Å². The van der Waals surface area contributed by atoms with Crippen LogP contribution in [0.15, 0.2) is 11.6 Å². The number of carboxylic acid groups (broad SMARTS) is 1. The van der Waals surface area contributed by atoms with Gasteiger partial charge in [-0.1, -0.05) is 75.4 Å². The average Bonchev–Trinajstić information content (AvgIpc) is 2.76. The Balaban J connectivity index is 1.72. The lowest BCUT2D eigenvalue weighted by atomic mass is 9.45. The van der Waals surface area contributed by atoms with Crippen LogP contribution in [0.3, 0.4) is 0 Å². The Morgan fingerprint density at radius 1 is 1.19 bits per heavy atom. The number of hydrogen-bond acceptors (Lipinski definition) is 3. The van der Waals surface area contributed by atoms with Crippen molar-refractivity contribution < 1.29 is 20.1 Å². The number of aliphatic hydroxyl groups is 2. The predicted molar refractivity (Wildman–Crippen MR) is 123 cm³/mol. The number of fused-ring (bicyclic) bond motifs is 1. The molecule has 3 aliphatic rings. The molecular weight excluding hydrogens is 388 g/mol. The van der Waals surface area contributed by atoms with Gasteiger partial charge in [-0.05, 0) is 62.2 Å². The number of carbonyl (C=O) groups is 1. The third kappa shape index (κ3) is 5.93. The summed E-state index contributed by atoms with van der Waals surface area (Å²) >= 11 is 0. The van der Waals surface area contributed by atoms with E-state index < -0.39 is 18.2 Å². The average molecular weight is 431 g/mol. The second kappa shape index (κ2) is 11.5. The van der Waals surface area contributed by atoms with E-state index in [9.17, 15) is 15.0 Å². The van der Waals surface area contributed by atoms with Crippen molar-refractivity contribution >= 4 is 5.97 Å². The van der Waals surface area contributed by atoms with Crippen molar-refractivity contribution in [2.75, 3.05) is 0 Å². The summed E-state index contributed by atoms with van der Waals surface area (Å²) in [6.45, 7) is 2.22. The summed E-state index contributed by atoms with van der Waals surface area (Å²) in [4.78, 5) is 11.0. The molecule has 174 valence electrons. The van der Waals surface area contributed by atoms with Crippen LogP contribution in [0, 0.1) is 35.0 Å². The fourth-order valence-corrected chi connectivity index (χ4v) is 6.35. The third-order valence-electron chi connectivity index (χ3n) is 8.24. The van der Waals surface area contributed by atoms with Crippen LogP contribution in [0.25, 0.3) is 0 Å². The quantitative estimate of drug-likeness (QED) is 0.257.